The number of fused-ring (bicyclic) bond motifs is 1. The molecule has 34 heavy (non-hydrogen) atoms. The number of aromatic nitrogens is 4. The van der Waals surface area contributed by atoms with Gasteiger partial charge in [0, 0.05) is 42.8 Å². The first-order chi connectivity index (χ1) is 16.5. The minimum absolute atomic E-state index is 0.245. The van der Waals surface area contributed by atoms with Gasteiger partial charge in [0.1, 0.15) is 12.1 Å². The number of methoxy groups -OCH3 is 1. The van der Waals surface area contributed by atoms with Crippen molar-refractivity contribution in [3.05, 3.63) is 59.6 Å². The third-order valence-corrected chi connectivity index (χ3v) is 6.13. The maximum Gasteiger partial charge on any atom is 0.233 e. The minimum Gasteiger partial charge on any atom is -0.480 e. The zero-order valence-corrected chi connectivity index (χ0v) is 19.5. The van der Waals surface area contributed by atoms with Gasteiger partial charge in [0.05, 0.1) is 42.2 Å². The normalized spacial score (nSPS) is 13.8. The van der Waals surface area contributed by atoms with Gasteiger partial charge in [0.15, 0.2) is 5.82 Å². The molecule has 10 heteroatoms. The molecule has 174 valence electrons. The largest absolute Gasteiger partial charge is 0.480 e. The molecule has 1 aliphatic rings. The van der Waals surface area contributed by atoms with E-state index < -0.39 is 5.82 Å². The van der Waals surface area contributed by atoms with Gasteiger partial charge in [0.2, 0.25) is 5.88 Å². The molecule has 1 saturated heterocycles. The van der Waals surface area contributed by atoms with Gasteiger partial charge in [-0.2, -0.15) is 0 Å². The van der Waals surface area contributed by atoms with Crippen molar-refractivity contribution in [2.75, 3.05) is 50.3 Å². The third-order valence-electron chi connectivity index (χ3n) is 5.83. The molecule has 0 atom stereocenters. The molecule has 0 radical (unpaired) electrons. The van der Waals surface area contributed by atoms with Gasteiger partial charge in [0.25, 0.3) is 0 Å². The van der Waals surface area contributed by atoms with Crippen molar-refractivity contribution >= 4 is 39.7 Å². The molecular formula is C24H22ClFN6O2. The molecule has 5 rings (SSSR count). The summed E-state index contributed by atoms with van der Waals surface area (Å²) in [6.07, 6.45) is 1.45. The molecule has 0 aliphatic carbocycles. The third kappa shape index (κ3) is 4.20. The van der Waals surface area contributed by atoms with E-state index in [2.05, 4.69) is 25.1 Å². The van der Waals surface area contributed by atoms with Crippen LogP contribution in [0.25, 0.3) is 22.2 Å². The van der Waals surface area contributed by atoms with Crippen LogP contribution in [0.1, 0.15) is 0 Å². The van der Waals surface area contributed by atoms with E-state index in [1.165, 1.54) is 19.5 Å². The van der Waals surface area contributed by atoms with E-state index in [-0.39, 0.29) is 5.02 Å². The van der Waals surface area contributed by atoms with E-state index in [0.29, 0.717) is 41.9 Å². The number of nitrogens with zero attached hydrogens (tertiary/aromatic N) is 6. The number of halogens is 2. The average molecular weight is 481 g/mol. The Morgan fingerprint density at radius 2 is 1.88 bits per heavy atom. The van der Waals surface area contributed by atoms with Crippen molar-refractivity contribution in [1.82, 2.24) is 20.2 Å². The van der Waals surface area contributed by atoms with Crippen LogP contribution >= 0.6 is 11.6 Å². The molecule has 1 aliphatic heterocycles. The molecule has 3 heterocycles. The van der Waals surface area contributed by atoms with Crippen molar-refractivity contribution in [2.24, 2.45) is 0 Å². The molecule has 1 fully saturated rings. The van der Waals surface area contributed by atoms with E-state index in [4.69, 9.17) is 21.1 Å². The quantitative estimate of drug-likeness (QED) is 0.413. The van der Waals surface area contributed by atoms with Crippen LogP contribution in [0.4, 0.5) is 21.6 Å². The van der Waals surface area contributed by atoms with E-state index in [1.54, 1.807) is 30.1 Å². The number of rotatable bonds is 5. The molecule has 0 spiro atoms. The van der Waals surface area contributed by atoms with E-state index in [0.717, 1.165) is 29.7 Å². The average Bonchev–Trinajstić information content (AvgIpc) is 2.88. The number of morpholine rings is 1. The van der Waals surface area contributed by atoms with Crippen LogP contribution in [0, 0.1) is 5.82 Å². The van der Waals surface area contributed by atoms with Crippen LogP contribution in [-0.2, 0) is 4.74 Å². The number of anilines is 3. The Hall–Kier alpha value is -3.56. The summed E-state index contributed by atoms with van der Waals surface area (Å²) in [5, 5.41) is 9.14. The van der Waals surface area contributed by atoms with Gasteiger partial charge in [-0.1, -0.05) is 11.6 Å². The molecule has 4 aromatic rings. The Morgan fingerprint density at radius 3 is 2.62 bits per heavy atom. The second-order valence-electron chi connectivity index (χ2n) is 7.80. The van der Waals surface area contributed by atoms with Crippen molar-refractivity contribution in [1.29, 1.82) is 0 Å². The predicted molar refractivity (Wildman–Crippen MR) is 130 cm³/mol. The Balaban J connectivity index is 1.55. The summed E-state index contributed by atoms with van der Waals surface area (Å²) in [6.45, 7) is 3.02. The molecule has 0 amide bonds. The lowest BCUT2D eigenvalue weighted by Crippen LogP contribution is -2.36. The Morgan fingerprint density at radius 1 is 1.06 bits per heavy atom. The highest BCUT2D eigenvalue weighted by atomic mass is 35.5. The fraction of sp³-hybridized carbons (Fsp3) is 0.250. The smallest absolute Gasteiger partial charge is 0.233 e. The number of ether oxygens (including phenoxy) is 2. The standard InChI is InChI=1S/C24H22ClFN6O2/c1-31(22-5-6-23(33-2)30-29-22)21-12-17(19(26)13-18(21)25)24-16-4-3-15(11-20(16)27-14-28-24)32-7-9-34-10-8-32/h3-6,11-14H,7-10H2,1-2H3. The maximum atomic E-state index is 15.1. The first-order valence-electron chi connectivity index (χ1n) is 10.7. The summed E-state index contributed by atoms with van der Waals surface area (Å²) in [7, 11) is 3.30. The zero-order valence-electron chi connectivity index (χ0n) is 18.7. The van der Waals surface area contributed by atoms with Gasteiger partial charge >= 0.3 is 0 Å². The molecule has 0 unspecified atom stereocenters. The van der Waals surface area contributed by atoms with Crippen molar-refractivity contribution in [3.63, 3.8) is 0 Å². The van der Waals surface area contributed by atoms with Crippen molar-refractivity contribution in [3.8, 4) is 17.1 Å². The Labute approximate surface area is 200 Å². The molecule has 2 aromatic heterocycles. The van der Waals surface area contributed by atoms with E-state index >= 15 is 4.39 Å². The first kappa shape index (κ1) is 22.2. The van der Waals surface area contributed by atoms with Gasteiger partial charge in [-0.15, -0.1) is 10.2 Å². The van der Waals surface area contributed by atoms with Gasteiger partial charge in [-0.25, -0.2) is 14.4 Å². The highest BCUT2D eigenvalue weighted by Gasteiger charge is 2.19. The lowest BCUT2D eigenvalue weighted by molar-refractivity contribution is 0.122. The highest BCUT2D eigenvalue weighted by Crippen LogP contribution is 2.37. The molecule has 0 bridgehead atoms. The van der Waals surface area contributed by atoms with Crippen LogP contribution in [0.15, 0.2) is 48.8 Å². The SMILES string of the molecule is COc1ccc(N(C)c2cc(-c3ncnc4cc(N5CCOCC5)ccc34)c(F)cc2Cl)nn1. The topological polar surface area (TPSA) is 76.5 Å². The molecular weight excluding hydrogens is 459 g/mol. The van der Waals surface area contributed by atoms with Crippen LogP contribution in [0.5, 0.6) is 5.88 Å². The lowest BCUT2D eigenvalue weighted by atomic mass is 10.0. The molecule has 0 saturated carbocycles. The van der Waals surface area contributed by atoms with Crippen LogP contribution in [-0.4, -0.2) is 60.6 Å². The maximum absolute atomic E-state index is 15.1. The lowest BCUT2D eigenvalue weighted by Gasteiger charge is -2.29. The van der Waals surface area contributed by atoms with Crippen LogP contribution in [0.3, 0.4) is 0 Å². The second-order valence-corrected chi connectivity index (χ2v) is 8.21. The second kappa shape index (κ2) is 9.36. The number of hydrogen-bond acceptors (Lipinski definition) is 8. The summed E-state index contributed by atoms with van der Waals surface area (Å²) in [5.74, 6) is 0.454. The van der Waals surface area contributed by atoms with Gasteiger partial charge in [-0.05, 0) is 36.4 Å². The van der Waals surface area contributed by atoms with Gasteiger partial charge < -0.3 is 19.3 Å². The molecule has 8 nitrogen and oxygen atoms in total. The van der Waals surface area contributed by atoms with Gasteiger partial charge in [-0.3, -0.25) is 0 Å². The van der Waals surface area contributed by atoms with Crippen LogP contribution < -0.4 is 14.5 Å². The fourth-order valence-electron chi connectivity index (χ4n) is 3.98. The van der Waals surface area contributed by atoms with E-state index in [9.17, 15) is 0 Å². The summed E-state index contributed by atoms with van der Waals surface area (Å²) in [6, 6.07) is 12.3. The van der Waals surface area contributed by atoms with Crippen LogP contribution in [0.2, 0.25) is 5.02 Å². The number of hydrogen-bond donors (Lipinski definition) is 0. The molecule has 0 N–H and O–H groups in total. The summed E-state index contributed by atoms with van der Waals surface area (Å²) < 4.78 is 25.7. The fourth-order valence-corrected chi connectivity index (χ4v) is 4.26. The van der Waals surface area contributed by atoms with Crippen molar-refractivity contribution < 1.29 is 13.9 Å². The predicted octanol–water partition coefficient (Wildman–Crippen LogP) is 4.49. The summed E-state index contributed by atoms with van der Waals surface area (Å²) >= 11 is 6.41. The molecule has 2 aromatic carbocycles. The number of benzene rings is 2. The van der Waals surface area contributed by atoms with E-state index in [1.807, 2.05) is 18.2 Å². The Bertz CT molecular complexity index is 1330. The highest BCUT2D eigenvalue weighted by molar-refractivity contribution is 6.33. The Kier molecular flexibility index (Phi) is 6.12. The minimum atomic E-state index is -0.472. The van der Waals surface area contributed by atoms with Crippen molar-refractivity contribution in [2.45, 2.75) is 0 Å². The first-order valence-corrected chi connectivity index (χ1v) is 11.1. The summed E-state index contributed by atoms with van der Waals surface area (Å²) in [5.41, 5.74) is 3.16. The monoisotopic (exact) mass is 480 g/mol. The zero-order chi connectivity index (χ0) is 23.7. The summed E-state index contributed by atoms with van der Waals surface area (Å²) in [4.78, 5) is 12.8.